The maximum absolute atomic E-state index is 5.97. The highest BCUT2D eigenvalue weighted by Gasteiger charge is 2.33. The van der Waals surface area contributed by atoms with Gasteiger partial charge in [0.2, 0.25) is 0 Å². The Balaban J connectivity index is 1.76. The Morgan fingerprint density at radius 3 is 2.83 bits per heavy atom. The molecule has 1 fully saturated rings. The molecule has 4 heteroatoms. The van der Waals surface area contributed by atoms with Crippen LogP contribution in [-0.4, -0.2) is 31.1 Å². The molecule has 0 radical (unpaired) electrons. The summed E-state index contributed by atoms with van der Waals surface area (Å²) in [5.41, 5.74) is 0. The van der Waals surface area contributed by atoms with Gasteiger partial charge in [0.1, 0.15) is 0 Å². The first-order chi connectivity index (χ1) is 8.70. The predicted octanol–water partition coefficient (Wildman–Crippen LogP) is 3.61. The SMILES string of the molecule is CCCNCC1CCC1N(C)Cc1ccc(Cl)s1. The summed E-state index contributed by atoms with van der Waals surface area (Å²) in [6, 6.07) is 4.89. The fraction of sp³-hybridized carbons (Fsp3) is 0.714. The topological polar surface area (TPSA) is 15.3 Å². The van der Waals surface area contributed by atoms with Crippen molar-refractivity contribution in [3.63, 3.8) is 0 Å². The zero-order chi connectivity index (χ0) is 13.0. The molecule has 0 aliphatic heterocycles. The molecule has 0 aromatic carbocycles. The normalized spacial score (nSPS) is 23.3. The highest BCUT2D eigenvalue weighted by atomic mass is 35.5. The second-order valence-electron chi connectivity index (χ2n) is 5.23. The maximum atomic E-state index is 5.97. The van der Waals surface area contributed by atoms with Gasteiger partial charge in [-0.25, -0.2) is 0 Å². The number of hydrogen-bond donors (Lipinski definition) is 1. The number of rotatable bonds is 7. The molecule has 1 aromatic rings. The number of nitrogens with one attached hydrogen (secondary N) is 1. The molecular weight excluding hydrogens is 264 g/mol. The van der Waals surface area contributed by atoms with Crippen LogP contribution in [0.2, 0.25) is 4.34 Å². The van der Waals surface area contributed by atoms with Gasteiger partial charge in [-0.15, -0.1) is 11.3 Å². The molecule has 0 spiro atoms. The average molecular weight is 287 g/mol. The Morgan fingerprint density at radius 1 is 1.44 bits per heavy atom. The summed E-state index contributed by atoms with van der Waals surface area (Å²) in [6.45, 7) is 5.58. The third-order valence-corrected chi connectivity index (χ3v) is 5.03. The minimum absolute atomic E-state index is 0.746. The Kier molecular flexibility index (Phi) is 5.49. The molecule has 102 valence electrons. The van der Waals surface area contributed by atoms with Gasteiger partial charge in [0.05, 0.1) is 4.34 Å². The number of hydrogen-bond acceptors (Lipinski definition) is 3. The van der Waals surface area contributed by atoms with Gasteiger partial charge in [0, 0.05) is 17.5 Å². The maximum Gasteiger partial charge on any atom is 0.0931 e. The monoisotopic (exact) mass is 286 g/mol. The smallest absolute Gasteiger partial charge is 0.0931 e. The summed E-state index contributed by atoms with van der Waals surface area (Å²) < 4.78 is 0.896. The van der Waals surface area contributed by atoms with Crippen LogP contribution in [0.25, 0.3) is 0 Å². The van der Waals surface area contributed by atoms with E-state index in [0.29, 0.717) is 0 Å². The van der Waals surface area contributed by atoms with Crippen molar-refractivity contribution in [1.82, 2.24) is 10.2 Å². The van der Waals surface area contributed by atoms with Crippen molar-refractivity contribution in [3.05, 3.63) is 21.3 Å². The largest absolute Gasteiger partial charge is 0.316 e. The van der Waals surface area contributed by atoms with Crippen molar-refractivity contribution in [2.24, 2.45) is 5.92 Å². The highest BCUT2D eigenvalue weighted by Crippen LogP contribution is 2.32. The van der Waals surface area contributed by atoms with Crippen LogP contribution in [0, 0.1) is 5.92 Å². The molecule has 18 heavy (non-hydrogen) atoms. The van der Waals surface area contributed by atoms with E-state index in [2.05, 4.69) is 30.3 Å². The molecule has 2 unspecified atom stereocenters. The third-order valence-electron chi connectivity index (χ3n) is 3.81. The van der Waals surface area contributed by atoms with E-state index in [1.165, 1.54) is 30.7 Å². The standard InChI is InChI=1S/C14H23ClN2S/c1-3-8-16-9-11-4-6-13(11)17(2)10-12-5-7-14(15)18-12/h5,7,11,13,16H,3-4,6,8-10H2,1-2H3. The van der Waals surface area contributed by atoms with E-state index < -0.39 is 0 Å². The van der Waals surface area contributed by atoms with E-state index in [0.717, 1.165) is 29.4 Å². The van der Waals surface area contributed by atoms with Crippen LogP contribution in [-0.2, 0) is 6.54 Å². The van der Waals surface area contributed by atoms with Crippen molar-refractivity contribution < 1.29 is 0 Å². The minimum atomic E-state index is 0.746. The summed E-state index contributed by atoms with van der Waals surface area (Å²) in [5.74, 6) is 0.831. The van der Waals surface area contributed by atoms with Crippen LogP contribution in [0.15, 0.2) is 12.1 Å². The number of halogens is 1. The molecule has 0 amide bonds. The predicted molar refractivity (Wildman–Crippen MR) is 80.5 cm³/mol. The molecule has 2 nitrogen and oxygen atoms in total. The van der Waals surface area contributed by atoms with Gasteiger partial charge in [-0.2, -0.15) is 0 Å². The summed E-state index contributed by atoms with van der Waals surface area (Å²) in [4.78, 5) is 3.86. The lowest BCUT2D eigenvalue weighted by Gasteiger charge is -2.43. The van der Waals surface area contributed by atoms with Gasteiger partial charge in [-0.3, -0.25) is 4.90 Å². The fourth-order valence-electron chi connectivity index (χ4n) is 2.63. The molecule has 0 saturated heterocycles. The van der Waals surface area contributed by atoms with Crippen LogP contribution in [0.4, 0.5) is 0 Å². The van der Waals surface area contributed by atoms with Crippen molar-refractivity contribution in [3.8, 4) is 0 Å². The fourth-order valence-corrected chi connectivity index (χ4v) is 3.78. The summed E-state index contributed by atoms with van der Waals surface area (Å²) in [5, 5.41) is 3.54. The van der Waals surface area contributed by atoms with Gasteiger partial charge >= 0.3 is 0 Å². The second kappa shape index (κ2) is 6.90. The lowest BCUT2D eigenvalue weighted by Crippen LogP contribution is -2.48. The minimum Gasteiger partial charge on any atom is -0.316 e. The molecule has 2 rings (SSSR count). The molecule has 2 atom stereocenters. The molecule has 1 saturated carbocycles. The molecule has 1 N–H and O–H groups in total. The lowest BCUT2D eigenvalue weighted by molar-refractivity contribution is 0.0790. The Bertz CT molecular complexity index is 366. The first-order valence-electron chi connectivity index (χ1n) is 6.86. The van der Waals surface area contributed by atoms with Crippen molar-refractivity contribution in [1.29, 1.82) is 0 Å². The van der Waals surface area contributed by atoms with Crippen LogP contribution < -0.4 is 5.32 Å². The van der Waals surface area contributed by atoms with E-state index >= 15 is 0 Å². The Labute approximate surface area is 119 Å². The van der Waals surface area contributed by atoms with Crippen molar-refractivity contribution >= 4 is 22.9 Å². The van der Waals surface area contributed by atoms with Gasteiger partial charge in [0.25, 0.3) is 0 Å². The highest BCUT2D eigenvalue weighted by molar-refractivity contribution is 7.16. The van der Waals surface area contributed by atoms with Crippen LogP contribution >= 0.6 is 22.9 Å². The van der Waals surface area contributed by atoms with E-state index in [9.17, 15) is 0 Å². The lowest BCUT2D eigenvalue weighted by atomic mass is 9.78. The van der Waals surface area contributed by atoms with E-state index in [-0.39, 0.29) is 0 Å². The first-order valence-corrected chi connectivity index (χ1v) is 8.05. The number of thiophene rings is 1. The third kappa shape index (κ3) is 3.70. The van der Waals surface area contributed by atoms with Gasteiger partial charge in [0.15, 0.2) is 0 Å². The summed E-state index contributed by atoms with van der Waals surface area (Å²) in [7, 11) is 2.24. The summed E-state index contributed by atoms with van der Waals surface area (Å²) >= 11 is 7.67. The van der Waals surface area contributed by atoms with E-state index in [1.807, 2.05) is 6.07 Å². The van der Waals surface area contributed by atoms with Crippen molar-refractivity contribution in [2.75, 3.05) is 20.1 Å². The molecule has 1 aliphatic rings. The average Bonchev–Trinajstić information content (AvgIpc) is 2.68. The zero-order valence-corrected chi connectivity index (χ0v) is 12.9. The van der Waals surface area contributed by atoms with Gasteiger partial charge in [-0.05, 0) is 57.5 Å². The van der Waals surface area contributed by atoms with Crippen LogP contribution in [0.5, 0.6) is 0 Å². The molecule has 1 heterocycles. The molecule has 0 bridgehead atoms. The molecular formula is C14H23ClN2S. The first kappa shape index (κ1) is 14.3. The summed E-state index contributed by atoms with van der Waals surface area (Å²) in [6.07, 6.45) is 3.94. The van der Waals surface area contributed by atoms with Crippen LogP contribution in [0.1, 0.15) is 31.1 Å². The number of nitrogens with zero attached hydrogens (tertiary/aromatic N) is 1. The Morgan fingerprint density at radius 2 is 2.28 bits per heavy atom. The van der Waals surface area contributed by atoms with Gasteiger partial charge in [-0.1, -0.05) is 18.5 Å². The molecule has 1 aliphatic carbocycles. The van der Waals surface area contributed by atoms with Gasteiger partial charge < -0.3 is 5.32 Å². The Hall–Kier alpha value is -0.0900. The second-order valence-corrected chi connectivity index (χ2v) is 7.03. The quantitative estimate of drug-likeness (QED) is 0.770. The van der Waals surface area contributed by atoms with E-state index in [4.69, 9.17) is 11.6 Å². The zero-order valence-electron chi connectivity index (χ0n) is 11.3. The van der Waals surface area contributed by atoms with Crippen molar-refractivity contribution in [2.45, 2.75) is 38.8 Å². The van der Waals surface area contributed by atoms with E-state index in [1.54, 1.807) is 11.3 Å². The molecule has 1 aromatic heterocycles. The van der Waals surface area contributed by atoms with Crippen LogP contribution in [0.3, 0.4) is 0 Å².